The number of aromatic nitrogens is 4. The molecule has 1 fully saturated rings. The Labute approximate surface area is 255 Å². The maximum absolute atomic E-state index is 14.0. The van der Waals surface area contributed by atoms with Gasteiger partial charge in [0, 0.05) is 6.54 Å². The first-order valence-corrected chi connectivity index (χ1v) is 16.1. The number of para-hydroxylation sites is 1. The summed E-state index contributed by atoms with van der Waals surface area (Å²) in [5.41, 5.74) is -1.14. The smallest absolute Gasteiger partial charge is 0.459 e. The molecular weight excluding hydrogens is 595 g/mol. The quantitative estimate of drug-likeness (QED) is 0.275. The van der Waals surface area contributed by atoms with Gasteiger partial charge in [0.05, 0.1) is 31.7 Å². The van der Waals surface area contributed by atoms with Gasteiger partial charge in [-0.25, -0.2) is 14.1 Å². The van der Waals surface area contributed by atoms with Crippen LogP contribution in [0.25, 0.3) is 5.65 Å². The zero-order valence-electron chi connectivity index (χ0n) is 24.9. The number of nitrogens with zero attached hydrogens (tertiary/aromatic N) is 5. The summed E-state index contributed by atoms with van der Waals surface area (Å²) in [6.45, 7) is 4.56. The van der Waals surface area contributed by atoms with Gasteiger partial charge >= 0.3 is 13.7 Å². The highest BCUT2D eigenvalue weighted by molar-refractivity contribution is 7.52. The van der Waals surface area contributed by atoms with Crippen molar-refractivity contribution in [2.75, 3.05) is 40.0 Å². The maximum Gasteiger partial charge on any atom is 0.459 e. The van der Waals surface area contributed by atoms with Gasteiger partial charge in [-0.1, -0.05) is 18.2 Å². The molecule has 3 aromatic rings. The van der Waals surface area contributed by atoms with Gasteiger partial charge in [-0.2, -0.15) is 15.2 Å². The molecule has 15 nitrogen and oxygen atoms in total. The van der Waals surface area contributed by atoms with E-state index in [0.717, 1.165) is 19.4 Å². The van der Waals surface area contributed by atoms with Crippen LogP contribution in [0.5, 0.6) is 11.6 Å². The van der Waals surface area contributed by atoms with Crippen LogP contribution in [-0.4, -0.2) is 104 Å². The van der Waals surface area contributed by atoms with E-state index in [9.17, 15) is 19.6 Å². The van der Waals surface area contributed by atoms with E-state index >= 15 is 0 Å². The molecule has 1 aromatic carbocycles. The normalized spacial score (nSPS) is 31.8. The summed E-state index contributed by atoms with van der Waals surface area (Å²) < 4.78 is 44.2. The van der Waals surface area contributed by atoms with Crippen molar-refractivity contribution < 1.29 is 42.8 Å². The van der Waals surface area contributed by atoms with E-state index in [2.05, 4.69) is 25.1 Å². The molecule has 0 radical (unpaired) electrons. The van der Waals surface area contributed by atoms with Crippen LogP contribution in [0.2, 0.25) is 0 Å². The lowest BCUT2D eigenvalue weighted by molar-refractivity contribution is -0.145. The van der Waals surface area contributed by atoms with Gasteiger partial charge in [0.1, 0.15) is 42.0 Å². The largest absolute Gasteiger partial charge is 0.475 e. The molecule has 2 aliphatic rings. The Hall–Kier alpha value is -3.17. The third kappa shape index (κ3) is 7.37. The van der Waals surface area contributed by atoms with Crippen LogP contribution in [0.4, 0.5) is 0 Å². The van der Waals surface area contributed by atoms with Gasteiger partial charge < -0.3 is 33.8 Å². The highest BCUT2D eigenvalue weighted by atomic mass is 31.2. The Morgan fingerprint density at radius 3 is 2.66 bits per heavy atom. The predicted octanol–water partition coefficient (Wildman–Crippen LogP) is 1.90. The average molecular weight is 635 g/mol. The lowest BCUT2D eigenvalue weighted by atomic mass is 9.91. The summed E-state index contributed by atoms with van der Waals surface area (Å²) in [7, 11) is -2.25. The van der Waals surface area contributed by atoms with Crippen molar-refractivity contribution in [2.45, 2.75) is 63.1 Å². The highest BCUT2D eigenvalue weighted by Gasteiger charge is 2.54. The molecule has 16 heteroatoms. The van der Waals surface area contributed by atoms with E-state index in [0.29, 0.717) is 30.9 Å². The minimum atomic E-state index is -4.25. The summed E-state index contributed by atoms with van der Waals surface area (Å²) in [4.78, 5) is 23.5. The van der Waals surface area contributed by atoms with E-state index in [1.807, 2.05) is 7.05 Å². The van der Waals surface area contributed by atoms with Crippen LogP contribution in [0.15, 0.2) is 42.9 Å². The number of rotatable bonds is 2. The molecule has 0 spiro atoms. The Bertz CT molecular complexity index is 1460. The minimum Gasteiger partial charge on any atom is -0.475 e. The molecule has 0 amide bonds. The third-order valence-electron chi connectivity index (χ3n) is 7.54. The van der Waals surface area contributed by atoms with Gasteiger partial charge in [0.15, 0.2) is 0 Å². The Balaban J connectivity index is 1.41. The van der Waals surface area contributed by atoms with Gasteiger partial charge in [0.25, 0.3) is 5.88 Å². The molecule has 1 unspecified atom stereocenters. The zero-order chi connectivity index (χ0) is 31.3. The number of carbonyl (C=O) groups excluding carboxylic acids is 1. The number of benzene rings is 1. The molecule has 5 rings (SSSR count). The number of ether oxygens (including phenoxy) is 3. The van der Waals surface area contributed by atoms with Crippen molar-refractivity contribution in [2.24, 2.45) is 0 Å². The summed E-state index contributed by atoms with van der Waals surface area (Å²) >= 11 is 0. The molecule has 4 heterocycles. The second-order valence-corrected chi connectivity index (χ2v) is 12.8. The van der Waals surface area contributed by atoms with Crippen LogP contribution in [0, 0.1) is 0 Å². The van der Waals surface area contributed by atoms with Crippen LogP contribution < -0.4 is 14.3 Å². The topological polar surface area (TPSA) is 179 Å². The van der Waals surface area contributed by atoms with Crippen molar-refractivity contribution in [3.63, 3.8) is 0 Å². The minimum absolute atomic E-state index is 0.178. The Kier molecular flexibility index (Phi) is 10.2. The SMILES string of the molecule is C[C@H]1NP(=O)(Oc2ccccc2)OC[C@H]2O[C@@H](c3cnc4c(ncnn34)OCCCCN(C)CCCOC1=O)[C@](C)(O)[C@@H]2O. The molecule has 6 bridgehead atoms. The van der Waals surface area contributed by atoms with Crippen LogP contribution in [0.3, 0.4) is 0 Å². The maximum atomic E-state index is 14.0. The number of hydrogen-bond acceptors (Lipinski definition) is 13. The average Bonchev–Trinajstić information content (AvgIpc) is 3.52. The number of imidazole rings is 1. The van der Waals surface area contributed by atoms with Gasteiger partial charge in [-0.3, -0.25) is 9.32 Å². The molecule has 44 heavy (non-hydrogen) atoms. The number of esters is 1. The second kappa shape index (κ2) is 13.9. The summed E-state index contributed by atoms with van der Waals surface area (Å²) in [5, 5.41) is 29.4. The third-order valence-corrected chi connectivity index (χ3v) is 9.19. The molecule has 3 N–H and O–H groups in total. The number of carbonyl (C=O) groups is 1. The highest BCUT2D eigenvalue weighted by Crippen LogP contribution is 2.47. The number of nitrogens with one attached hydrogen (secondary N) is 1. The fraction of sp³-hybridized carbons (Fsp3) is 0.571. The summed E-state index contributed by atoms with van der Waals surface area (Å²) in [5.74, 6) is -0.126. The standard InChI is InChI=1S/C28H39N6O9P/c1-19-27(36)40-15-9-13-33(3)12-7-8-14-39-26-25-29-16-21(34(25)31-18-30-26)24-28(2,37)23(35)22(42-24)17-41-44(38,32-19)43-20-10-5-4-6-11-20/h4-6,10-11,16,18-19,22-24,35,37H,7-9,12-15,17H2,1-3H3,(H,32,38)/t19-,22-,23-,24+,28-,44?/m1/s1. The second-order valence-electron chi connectivity index (χ2n) is 11.1. The molecule has 6 atom stereocenters. The van der Waals surface area contributed by atoms with E-state index in [4.69, 9.17) is 23.3 Å². The van der Waals surface area contributed by atoms with E-state index in [1.165, 1.54) is 30.9 Å². The van der Waals surface area contributed by atoms with E-state index in [-0.39, 0.29) is 18.2 Å². The Morgan fingerprint density at radius 2 is 1.86 bits per heavy atom. The first kappa shape index (κ1) is 32.2. The molecule has 0 aliphatic carbocycles. The predicted molar refractivity (Wildman–Crippen MR) is 156 cm³/mol. The zero-order valence-corrected chi connectivity index (χ0v) is 25.8. The van der Waals surface area contributed by atoms with Gasteiger partial charge in [-0.15, -0.1) is 0 Å². The summed E-state index contributed by atoms with van der Waals surface area (Å²) in [6, 6.07) is 7.26. The lowest BCUT2D eigenvalue weighted by Crippen LogP contribution is -2.43. The fourth-order valence-corrected chi connectivity index (χ4v) is 6.58. The molecule has 1 saturated heterocycles. The first-order valence-electron chi connectivity index (χ1n) is 14.6. The van der Waals surface area contributed by atoms with E-state index < -0.39 is 50.3 Å². The molecular formula is C28H39N6O9P. The number of hydrogen-bond donors (Lipinski definition) is 3. The van der Waals surface area contributed by atoms with Crippen molar-refractivity contribution in [1.82, 2.24) is 29.6 Å². The monoisotopic (exact) mass is 634 g/mol. The molecule has 2 aliphatic heterocycles. The van der Waals surface area contributed by atoms with Crippen molar-refractivity contribution in [3.05, 3.63) is 48.5 Å². The first-order chi connectivity index (χ1) is 21.1. The van der Waals surface area contributed by atoms with Crippen molar-refractivity contribution in [3.8, 4) is 11.6 Å². The van der Waals surface area contributed by atoms with Crippen molar-refractivity contribution in [1.29, 1.82) is 0 Å². The summed E-state index contributed by atoms with van der Waals surface area (Å²) in [6.07, 6.45) is 1.32. The molecule has 0 saturated carbocycles. The molecule has 240 valence electrons. The number of aliphatic hydroxyl groups excluding tert-OH is 1. The van der Waals surface area contributed by atoms with Crippen LogP contribution in [0.1, 0.15) is 44.9 Å². The van der Waals surface area contributed by atoms with E-state index in [1.54, 1.807) is 30.3 Å². The fourth-order valence-electron chi connectivity index (χ4n) is 5.08. The van der Waals surface area contributed by atoms with Gasteiger partial charge in [-0.05, 0) is 58.8 Å². The molecule has 2 aromatic heterocycles. The van der Waals surface area contributed by atoms with Crippen LogP contribution >= 0.6 is 7.75 Å². The number of aliphatic hydroxyl groups is 2. The number of fused-ring (bicyclic) bond motifs is 3. The van der Waals surface area contributed by atoms with Crippen LogP contribution in [-0.2, 0) is 23.4 Å². The Morgan fingerprint density at radius 1 is 1.11 bits per heavy atom. The number of cyclic esters (lactones) is 1. The van der Waals surface area contributed by atoms with Crippen molar-refractivity contribution >= 4 is 19.4 Å². The lowest BCUT2D eigenvalue weighted by Gasteiger charge is -2.26. The van der Waals surface area contributed by atoms with Gasteiger partial charge in [0.2, 0.25) is 5.65 Å².